The van der Waals surface area contributed by atoms with Crippen molar-refractivity contribution in [3.05, 3.63) is 58.6 Å². The zero-order valence-electron chi connectivity index (χ0n) is 11.6. The lowest BCUT2D eigenvalue weighted by atomic mass is 10.0. The number of carbonyl (C=O) groups excluding carboxylic acids is 1. The van der Waals surface area contributed by atoms with E-state index in [0.29, 0.717) is 17.9 Å². The number of carbonyl (C=O) groups is 1. The Bertz CT molecular complexity index is 646. The molecule has 2 aromatic rings. The summed E-state index contributed by atoms with van der Waals surface area (Å²) in [5.74, 6) is -0.251. The lowest BCUT2D eigenvalue weighted by Crippen LogP contribution is -2.07. The molecule has 0 amide bonds. The van der Waals surface area contributed by atoms with Crippen LogP contribution in [0.25, 0.3) is 0 Å². The first kappa shape index (κ1) is 15.4. The Balaban J connectivity index is 2.15. The summed E-state index contributed by atoms with van der Waals surface area (Å²) in [5, 5.41) is 0.0125. The van der Waals surface area contributed by atoms with Crippen LogP contribution in [0.1, 0.15) is 29.3 Å². The number of pyridine rings is 1. The van der Waals surface area contributed by atoms with Gasteiger partial charge < -0.3 is 4.74 Å². The molecule has 0 bridgehead atoms. The first-order chi connectivity index (χ1) is 10.1. The van der Waals surface area contributed by atoms with E-state index in [2.05, 4.69) is 4.98 Å². The summed E-state index contributed by atoms with van der Waals surface area (Å²) in [6.07, 6.45) is 3.80. The molecule has 0 atom stereocenters. The van der Waals surface area contributed by atoms with E-state index in [-0.39, 0.29) is 22.8 Å². The summed E-state index contributed by atoms with van der Waals surface area (Å²) >= 11 is 5.71. The molecule has 2 rings (SSSR count). The number of Topliss-reactive ketones (excluding diaryl/α,β-unsaturated/α-hetero) is 1. The summed E-state index contributed by atoms with van der Waals surface area (Å²) in [5.41, 5.74) is 0.662. The zero-order chi connectivity index (χ0) is 15.2. The van der Waals surface area contributed by atoms with Crippen molar-refractivity contribution in [1.29, 1.82) is 0 Å². The largest absolute Gasteiger partial charge is 0.492 e. The molecule has 0 unspecified atom stereocenters. The Morgan fingerprint density at radius 3 is 2.95 bits per heavy atom. The van der Waals surface area contributed by atoms with Gasteiger partial charge in [0.25, 0.3) is 0 Å². The van der Waals surface area contributed by atoms with E-state index >= 15 is 0 Å². The Labute approximate surface area is 127 Å². The molecule has 1 aromatic heterocycles. The summed E-state index contributed by atoms with van der Waals surface area (Å²) in [7, 11) is 0. The fourth-order valence-corrected chi connectivity index (χ4v) is 2.02. The maximum atomic E-state index is 13.8. The Morgan fingerprint density at radius 1 is 1.38 bits per heavy atom. The monoisotopic (exact) mass is 307 g/mol. The predicted molar refractivity (Wildman–Crippen MR) is 79.5 cm³/mol. The highest BCUT2D eigenvalue weighted by Gasteiger charge is 2.13. The van der Waals surface area contributed by atoms with Crippen molar-refractivity contribution in [3.63, 3.8) is 0 Å². The SMILES string of the molecule is CCCOc1cncc(C(=O)Cc2cccc(Cl)c2F)c1. The second-order valence-corrected chi connectivity index (χ2v) is 4.98. The maximum Gasteiger partial charge on any atom is 0.169 e. The molecule has 1 heterocycles. The van der Waals surface area contributed by atoms with Gasteiger partial charge in [0.05, 0.1) is 17.8 Å². The number of ether oxygens (including phenoxy) is 1. The van der Waals surface area contributed by atoms with Crippen LogP contribution >= 0.6 is 11.6 Å². The third-order valence-corrected chi connectivity index (χ3v) is 3.18. The topological polar surface area (TPSA) is 39.2 Å². The zero-order valence-corrected chi connectivity index (χ0v) is 12.4. The molecule has 0 aliphatic heterocycles. The third-order valence-electron chi connectivity index (χ3n) is 2.89. The number of rotatable bonds is 6. The summed E-state index contributed by atoms with van der Waals surface area (Å²) in [6.45, 7) is 2.55. The molecule has 0 saturated heterocycles. The van der Waals surface area contributed by atoms with E-state index in [1.54, 1.807) is 24.4 Å². The van der Waals surface area contributed by atoms with E-state index in [9.17, 15) is 9.18 Å². The minimum atomic E-state index is -0.557. The van der Waals surface area contributed by atoms with Crippen molar-refractivity contribution in [2.24, 2.45) is 0 Å². The highest BCUT2D eigenvalue weighted by Crippen LogP contribution is 2.20. The van der Waals surface area contributed by atoms with E-state index in [1.165, 1.54) is 12.3 Å². The quantitative estimate of drug-likeness (QED) is 0.755. The van der Waals surface area contributed by atoms with Crippen LogP contribution in [0, 0.1) is 5.82 Å². The molecule has 3 nitrogen and oxygen atoms in total. The number of nitrogens with zero attached hydrogens (tertiary/aromatic N) is 1. The van der Waals surface area contributed by atoms with Gasteiger partial charge in [-0.05, 0) is 24.1 Å². The van der Waals surface area contributed by atoms with Crippen LogP contribution in [0.3, 0.4) is 0 Å². The number of ketones is 1. The smallest absolute Gasteiger partial charge is 0.169 e. The van der Waals surface area contributed by atoms with Crippen LogP contribution in [0.15, 0.2) is 36.7 Å². The molecule has 0 spiro atoms. The van der Waals surface area contributed by atoms with Crippen molar-refractivity contribution in [3.8, 4) is 5.75 Å². The third kappa shape index (κ3) is 4.02. The summed E-state index contributed by atoms with van der Waals surface area (Å²) < 4.78 is 19.2. The Hall–Kier alpha value is -1.94. The van der Waals surface area contributed by atoms with E-state index in [0.717, 1.165) is 6.42 Å². The van der Waals surface area contributed by atoms with Gasteiger partial charge in [0.2, 0.25) is 0 Å². The molecule has 5 heteroatoms. The van der Waals surface area contributed by atoms with E-state index in [4.69, 9.17) is 16.3 Å². The van der Waals surface area contributed by atoms with Crippen LogP contribution < -0.4 is 4.74 Å². The van der Waals surface area contributed by atoms with Gasteiger partial charge >= 0.3 is 0 Å². The lowest BCUT2D eigenvalue weighted by molar-refractivity contribution is 0.0991. The highest BCUT2D eigenvalue weighted by atomic mass is 35.5. The summed E-state index contributed by atoms with van der Waals surface area (Å²) in [4.78, 5) is 16.2. The molecule has 0 aliphatic carbocycles. The van der Waals surface area contributed by atoms with Gasteiger partial charge in [-0.25, -0.2) is 4.39 Å². The van der Waals surface area contributed by atoms with Crippen LogP contribution in [0.2, 0.25) is 5.02 Å². The van der Waals surface area contributed by atoms with Crippen LogP contribution in [-0.4, -0.2) is 17.4 Å². The number of benzene rings is 1. The second kappa shape index (κ2) is 7.18. The van der Waals surface area contributed by atoms with E-state index in [1.807, 2.05) is 6.92 Å². The molecule has 0 N–H and O–H groups in total. The van der Waals surface area contributed by atoms with Crippen molar-refractivity contribution in [1.82, 2.24) is 4.98 Å². The van der Waals surface area contributed by atoms with Crippen LogP contribution in [-0.2, 0) is 6.42 Å². The van der Waals surface area contributed by atoms with Crippen LogP contribution in [0.5, 0.6) is 5.75 Å². The first-order valence-electron chi connectivity index (χ1n) is 6.65. The fourth-order valence-electron chi connectivity index (χ4n) is 1.83. The highest BCUT2D eigenvalue weighted by molar-refractivity contribution is 6.30. The van der Waals surface area contributed by atoms with Crippen molar-refractivity contribution in [2.75, 3.05) is 6.61 Å². The Kier molecular flexibility index (Phi) is 5.28. The first-order valence-corrected chi connectivity index (χ1v) is 7.03. The van der Waals surface area contributed by atoms with Gasteiger partial charge in [0.1, 0.15) is 11.6 Å². The summed E-state index contributed by atoms with van der Waals surface area (Å²) in [6, 6.07) is 6.23. The van der Waals surface area contributed by atoms with Crippen molar-refractivity contribution in [2.45, 2.75) is 19.8 Å². The molecule has 0 radical (unpaired) electrons. The maximum absolute atomic E-state index is 13.8. The van der Waals surface area contributed by atoms with E-state index < -0.39 is 5.82 Å². The average Bonchev–Trinajstić information content (AvgIpc) is 2.50. The normalized spacial score (nSPS) is 10.4. The van der Waals surface area contributed by atoms with Crippen molar-refractivity contribution < 1.29 is 13.9 Å². The standard InChI is InChI=1S/C16H15ClFNO2/c1-2-6-21-13-7-12(9-19-10-13)15(20)8-11-4-3-5-14(17)16(11)18/h3-5,7,9-10H,2,6,8H2,1H3. The van der Waals surface area contributed by atoms with Gasteiger partial charge in [0.15, 0.2) is 5.78 Å². The minimum Gasteiger partial charge on any atom is -0.492 e. The molecule has 0 aliphatic rings. The van der Waals surface area contributed by atoms with Crippen LogP contribution in [0.4, 0.5) is 4.39 Å². The molecule has 110 valence electrons. The molecule has 21 heavy (non-hydrogen) atoms. The Morgan fingerprint density at radius 2 is 2.19 bits per heavy atom. The number of halogens is 2. The number of aromatic nitrogens is 1. The molecule has 0 saturated carbocycles. The van der Waals surface area contributed by atoms with Gasteiger partial charge in [-0.2, -0.15) is 0 Å². The van der Waals surface area contributed by atoms with Gasteiger partial charge in [-0.15, -0.1) is 0 Å². The van der Waals surface area contributed by atoms with Gasteiger partial charge in [0, 0.05) is 18.2 Å². The molecule has 1 aromatic carbocycles. The van der Waals surface area contributed by atoms with Crippen molar-refractivity contribution >= 4 is 17.4 Å². The van der Waals surface area contributed by atoms with Gasteiger partial charge in [-0.1, -0.05) is 30.7 Å². The predicted octanol–water partition coefficient (Wildman–Crippen LogP) is 4.09. The average molecular weight is 308 g/mol. The van der Waals surface area contributed by atoms with Gasteiger partial charge in [-0.3, -0.25) is 9.78 Å². The molecular formula is C16H15ClFNO2. The second-order valence-electron chi connectivity index (χ2n) is 4.57. The molecule has 0 fully saturated rings. The molecular weight excluding hydrogens is 293 g/mol. The minimum absolute atomic E-state index is 0.0125. The lowest BCUT2D eigenvalue weighted by Gasteiger charge is -2.07. The number of hydrogen-bond donors (Lipinski definition) is 0. The fraction of sp³-hybridized carbons (Fsp3) is 0.250. The number of hydrogen-bond acceptors (Lipinski definition) is 3.